The zero-order chi connectivity index (χ0) is 17.4. The Morgan fingerprint density at radius 3 is 2.54 bits per heavy atom. The molecule has 3 unspecified atom stereocenters. The molecule has 24 heavy (non-hydrogen) atoms. The summed E-state index contributed by atoms with van der Waals surface area (Å²) < 4.78 is 5.35. The van der Waals surface area contributed by atoms with Crippen molar-refractivity contribution in [2.24, 2.45) is 17.4 Å². The van der Waals surface area contributed by atoms with Crippen LogP contribution in [0.25, 0.3) is 0 Å². The molecule has 9 heteroatoms. The largest absolute Gasteiger partial charge is 0.547 e. The second kappa shape index (κ2) is 6.42. The average molecular weight is 333 g/mol. The Morgan fingerprint density at radius 2 is 1.92 bits per heavy atom. The van der Waals surface area contributed by atoms with Crippen LogP contribution in [0.1, 0.15) is 28.8 Å². The second-order valence-electron chi connectivity index (χ2n) is 6.42. The van der Waals surface area contributed by atoms with E-state index in [0.717, 1.165) is 0 Å². The van der Waals surface area contributed by atoms with Gasteiger partial charge in [0.1, 0.15) is 5.75 Å². The van der Waals surface area contributed by atoms with E-state index >= 15 is 0 Å². The fourth-order valence-electron chi connectivity index (χ4n) is 3.33. The van der Waals surface area contributed by atoms with Gasteiger partial charge in [0.05, 0.1) is 11.5 Å². The minimum absolute atomic E-state index is 0.0101. The molecule has 0 aromatic heterocycles. The number of carbonyl (C=O) groups is 2. The molecule has 0 bridgehead atoms. The van der Waals surface area contributed by atoms with Gasteiger partial charge in [0.25, 0.3) is 0 Å². The van der Waals surface area contributed by atoms with Crippen molar-refractivity contribution in [3.63, 3.8) is 0 Å². The van der Waals surface area contributed by atoms with Crippen LogP contribution in [0, 0.1) is 5.92 Å². The number of fused-ring (bicyclic) bond motifs is 1. The van der Waals surface area contributed by atoms with Gasteiger partial charge in [0.15, 0.2) is 0 Å². The zero-order valence-corrected chi connectivity index (χ0v) is 13.0. The number of carbonyl (C=O) groups excluding carboxylic acids is 1. The van der Waals surface area contributed by atoms with E-state index in [1.165, 1.54) is 6.07 Å². The molecule has 1 saturated carbocycles. The third-order valence-corrected chi connectivity index (χ3v) is 4.71. The van der Waals surface area contributed by atoms with E-state index in [2.05, 4.69) is 5.32 Å². The Labute approximate surface area is 139 Å². The molecule has 3 atom stereocenters. The van der Waals surface area contributed by atoms with Crippen LogP contribution < -0.4 is 21.4 Å². The standard InChI is InChI=1S/C15H20BN3O5/c17-10-4-8(5-11(10)18)14(20)19-12-6-7-2-1-3-9(15(21)22)13(7)24-16(12)23/h1-3,8,10-12,23H,4-6,17-18H2,(H,19,20)(H,21,22). The predicted octanol–water partition coefficient (Wildman–Crippen LogP) is -1.11. The molecule has 1 amide bonds. The minimum Gasteiger partial charge on any atom is -0.534 e. The van der Waals surface area contributed by atoms with Gasteiger partial charge in [-0.1, -0.05) is 12.1 Å². The number of hydrogen-bond acceptors (Lipinski definition) is 6. The van der Waals surface area contributed by atoms with Crippen molar-refractivity contribution in [3.05, 3.63) is 29.3 Å². The molecule has 1 aliphatic carbocycles. The summed E-state index contributed by atoms with van der Waals surface area (Å²) in [7, 11) is -1.31. The molecule has 128 valence electrons. The Bertz CT molecular complexity index is 661. The molecular formula is C15H20BN3O5. The smallest absolute Gasteiger partial charge is 0.534 e. The van der Waals surface area contributed by atoms with E-state index in [1.807, 2.05) is 0 Å². The van der Waals surface area contributed by atoms with Gasteiger partial charge in [-0.05, 0) is 30.9 Å². The SMILES string of the molecule is NC1CC(C(=O)NC2Cc3cccc(C(=O)O)c3OB2O)CC1N. The molecule has 3 rings (SSSR count). The summed E-state index contributed by atoms with van der Waals surface area (Å²) in [6, 6.07) is 4.33. The average Bonchev–Trinajstić information content (AvgIpc) is 2.87. The third-order valence-electron chi connectivity index (χ3n) is 4.71. The molecule has 1 aromatic carbocycles. The van der Waals surface area contributed by atoms with E-state index in [4.69, 9.17) is 16.1 Å². The van der Waals surface area contributed by atoms with Crippen molar-refractivity contribution in [1.82, 2.24) is 5.32 Å². The number of amides is 1. The molecular weight excluding hydrogens is 313 g/mol. The highest BCUT2D eigenvalue weighted by Crippen LogP contribution is 2.30. The predicted molar refractivity (Wildman–Crippen MR) is 86.3 cm³/mol. The lowest BCUT2D eigenvalue weighted by molar-refractivity contribution is -0.125. The van der Waals surface area contributed by atoms with Crippen LogP contribution in [0.15, 0.2) is 18.2 Å². The van der Waals surface area contributed by atoms with E-state index in [1.54, 1.807) is 12.1 Å². The summed E-state index contributed by atoms with van der Waals surface area (Å²) in [5.41, 5.74) is 12.3. The van der Waals surface area contributed by atoms with Gasteiger partial charge in [-0.25, -0.2) is 4.79 Å². The lowest BCUT2D eigenvalue weighted by atomic mass is 9.72. The Morgan fingerprint density at radius 1 is 1.25 bits per heavy atom. The summed E-state index contributed by atoms with van der Waals surface area (Å²) in [5.74, 6) is -2.14. The summed E-state index contributed by atoms with van der Waals surface area (Å²) in [6.45, 7) is 0. The molecule has 1 fully saturated rings. The summed E-state index contributed by atoms with van der Waals surface area (Å²) in [4.78, 5) is 23.6. The highest BCUT2D eigenvalue weighted by molar-refractivity contribution is 6.47. The van der Waals surface area contributed by atoms with E-state index in [-0.39, 0.29) is 41.6 Å². The maximum absolute atomic E-state index is 12.4. The first-order valence-electron chi connectivity index (χ1n) is 7.88. The maximum Gasteiger partial charge on any atom is 0.547 e. The van der Waals surface area contributed by atoms with Crippen LogP contribution in [0.3, 0.4) is 0 Å². The minimum atomic E-state index is -1.31. The van der Waals surface area contributed by atoms with Crippen LogP contribution >= 0.6 is 0 Å². The number of nitrogens with one attached hydrogen (secondary N) is 1. The van der Waals surface area contributed by atoms with Gasteiger partial charge in [-0.15, -0.1) is 0 Å². The third kappa shape index (κ3) is 3.10. The van der Waals surface area contributed by atoms with E-state index in [0.29, 0.717) is 18.4 Å². The molecule has 7 N–H and O–H groups in total. The number of aromatic carboxylic acids is 1. The lowest BCUT2D eigenvalue weighted by Gasteiger charge is -2.29. The van der Waals surface area contributed by atoms with Crippen molar-refractivity contribution in [3.8, 4) is 5.75 Å². The normalized spacial score (nSPS) is 28.9. The van der Waals surface area contributed by atoms with Gasteiger partial charge in [-0.3, -0.25) is 4.79 Å². The van der Waals surface area contributed by atoms with Crippen molar-refractivity contribution in [1.29, 1.82) is 0 Å². The summed E-state index contributed by atoms with van der Waals surface area (Å²) >= 11 is 0. The van der Waals surface area contributed by atoms with Crippen molar-refractivity contribution in [2.75, 3.05) is 0 Å². The van der Waals surface area contributed by atoms with Crippen molar-refractivity contribution < 1.29 is 24.4 Å². The van der Waals surface area contributed by atoms with Crippen molar-refractivity contribution >= 4 is 19.0 Å². The van der Waals surface area contributed by atoms with Gasteiger partial charge < -0.3 is 31.6 Å². The monoisotopic (exact) mass is 333 g/mol. The zero-order valence-electron chi connectivity index (χ0n) is 13.0. The fraction of sp³-hybridized carbons (Fsp3) is 0.467. The molecule has 1 aliphatic heterocycles. The molecule has 1 aromatic rings. The van der Waals surface area contributed by atoms with Crippen LogP contribution in [0.5, 0.6) is 5.75 Å². The van der Waals surface area contributed by atoms with Crippen LogP contribution in [0.4, 0.5) is 0 Å². The van der Waals surface area contributed by atoms with Crippen molar-refractivity contribution in [2.45, 2.75) is 37.3 Å². The van der Waals surface area contributed by atoms with Crippen LogP contribution in [-0.4, -0.2) is 47.2 Å². The van der Waals surface area contributed by atoms with Crippen LogP contribution in [-0.2, 0) is 11.2 Å². The first-order valence-corrected chi connectivity index (χ1v) is 7.88. The first-order chi connectivity index (χ1) is 11.4. The van der Waals surface area contributed by atoms with Gasteiger partial charge in [-0.2, -0.15) is 0 Å². The Kier molecular flexibility index (Phi) is 4.48. The Hall–Kier alpha value is -2.10. The number of carboxylic acid groups (broad SMARTS) is 1. The molecule has 2 aliphatic rings. The van der Waals surface area contributed by atoms with Gasteiger partial charge >= 0.3 is 13.1 Å². The maximum atomic E-state index is 12.4. The van der Waals surface area contributed by atoms with E-state index < -0.39 is 19.0 Å². The number of nitrogens with two attached hydrogens (primary N) is 2. The summed E-state index contributed by atoms with van der Waals surface area (Å²) in [6.07, 6.45) is 1.31. The molecule has 0 radical (unpaired) electrons. The molecule has 1 heterocycles. The Balaban J connectivity index is 1.72. The number of carboxylic acids is 1. The highest BCUT2D eigenvalue weighted by atomic mass is 16.5. The number of para-hydroxylation sites is 1. The topological polar surface area (TPSA) is 148 Å². The number of benzene rings is 1. The quantitative estimate of drug-likeness (QED) is 0.440. The molecule has 0 saturated heterocycles. The second-order valence-corrected chi connectivity index (χ2v) is 6.42. The number of hydrogen-bond donors (Lipinski definition) is 5. The fourth-order valence-corrected chi connectivity index (χ4v) is 3.33. The highest BCUT2D eigenvalue weighted by Gasteiger charge is 2.40. The van der Waals surface area contributed by atoms with Gasteiger partial charge in [0.2, 0.25) is 5.91 Å². The number of rotatable bonds is 3. The summed E-state index contributed by atoms with van der Waals surface area (Å²) in [5, 5.41) is 22.1. The molecule has 8 nitrogen and oxygen atoms in total. The van der Waals surface area contributed by atoms with Gasteiger partial charge in [0, 0.05) is 18.0 Å². The lowest BCUT2D eigenvalue weighted by Crippen LogP contribution is -2.54. The molecule has 0 spiro atoms. The van der Waals surface area contributed by atoms with Crippen LogP contribution in [0.2, 0.25) is 0 Å². The van der Waals surface area contributed by atoms with E-state index in [9.17, 15) is 19.7 Å². The first kappa shape index (κ1) is 16.8.